The van der Waals surface area contributed by atoms with Crippen LogP contribution in [0.5, 0.6) is 5.75 Å². The van der Waals surface area contributed by atoms with Crippen LogP contribution in [-0.2, 0) is 14.1 Å². The summed E-state index contributed by atoms with van der Waals surface area (Å²) in [5.41, 5.74) is 2.03. The summed E-state index contributed by atoms with van der Waals surface area (Å²) in [7, 11) is 10.6. The van der Waals surface area contributed by atoms with Crippen LogP contribution in [0, 0.1) is 10.1 Å². The smallest absolute Gasteiger partial charge is 0.294 e. The molecule has 3 aromatic heterocycles. The van der Waals surface area contributed by atoms with Crippen molar-refractivity contribution in [1.82, 2.24) is 29.2 Å². The number of anilines is 3. The van der Waals surface area contributed by atoms with E-state index in [1.165, 1.54) is 17.7 Å². The van der Waals surface area contributed by atoms with Gasteiger partial charge in [0.25, 0.3) is 11.2 Å². The van der Waals surface area contributed by atoms with Crippen LogP contribution in [0.1, 0.15) is 0 Å². The summed E-state index contributed by atoms with van der Waals surface area (Å²) < 4.78 is 8.59. The van der Waals surface area contributed by atoms with Crippen LogP contribution in [0.15, 0.2) is 41.6 Å². The molecule has 4 rings (SSSR count). The number of pyridine rings is 1. The fourth-order valence-electron chi connectivity index (χ4n) is 3.94. The van der Waals surface area contributed by atoms with Crippen molar-refractivity contribution in [1.29, 1.82) is 0 Å². The molecule has 0 aliphatic rings. The van der Waals surface area contributed by atoms with Crippen LogP contribution in [0.3, 0.4) is 0 Å². The van der Waals surface area contributed by atoms with Gasteiger partial charge in [0, 0.05) is 69.7 Å². The Hall–Kier alpha value is -4.52. The van der Waals surface area contributed by atoms with E-state index in [4.69, 9.17) is 4.74 Å². The molecule has 37 heavy (non-hydrogen) atoms. The molecule has 194 valence electrons. The first kappa shape index (κ1) is 25.6. The first-order valence-electron chi connectivity index (χ1n) is 11.4. The highest BCUT2D eigenvalue weighted by Gasteiger charge is 2.22. The summed E-state index contributed by atoms with van der Waals surface area (Å²) >= 11 is 0. The van der Waals surface area contributed by atoms with Gasteiger partial charge < -0.3 is 19.9 Å². The molecule has 4 aromatic rings. The zero-order valence-electron chi connectivity index (χ0n) is 21.6. The maximum absolute atomic E-state index is 13.0. The quantitative estimate of drug-likeness (QED) is 0.266. The van der Waals surface area contributed by atoms with Gasteiger partial charge in [0.2, 0.25) is 5.95 Å². The SMILES string of the molecule is COc1cc(N(C)CCN(C)C)c([N+](=O)[O-])cc1Nc1ncc2cc(-c3cnn(C)c3)c(=O)n(C)c2n1. The number of ether oxygens (including phenoxy) is 1. The van der Waals surface area contributed by atoms with Gasteiger partial charge in [0.15, 0.2) is 0 Å². The lowest BCUT2D eigenvalue weighted by molar-refractivity contribution is -0.384. The lowest BCUT2D eigenvalue weighted by atomic mass is 10.1. The van der Waals surface area contributed by atoms with Crippen molar-refractivity contribution in [2.24, 2.45) is 14.1 Å². The second-order valence-electron chi connectivity index (χ2n) is 8.95. The van der Waals surface area contributed by atoms with Gasteiger partial charge in [0.05, 0.1) is 29.5 Å². The number of rotatable bonds is 9. The molecular weight excluding hydrogens is 478 g/mol. The number of likely N-dealkylation sites (N-methyl/N-ethyl adjacent to an activating group) is 2. The summed E-state index contributed by atoms with van der Waals surface area (Å²) in [5, 5.41) is 19.7. The number of fused-ring (bicyclic) bond motifs is 1. The largest absolute Gasteiger partial charge is 0.494 e. The second kappa shape index (κ2) is 10.2. The lowest BCUT2D eigenvalue weighted by Crippen LogP contribution is -2.29. The Morgan fingerprint density at radius 1 is 1.14 bits per heavy atom. The Labute approximate surface area is 213 Å². The van der Waals surface area contributed by atoms with Crippen LogP contribution >= 0.6 is 0 Å². The topological polar surface area (TPSA) is 136 Å². The van der Waals surface area contributed by atoms with Gasteiger partial charge in [-0.2, -0.15) is 10.1 Å². The van der Waals surface area contributed by atoms with Crippen LogP contribution in [0.4, 0.5) is 23.0 Å². The standard InChI is InChI=1S/C24H29N9O4/c1-29(2)7-8-30(3)19-11-21(37-6)18(10-20(19)33(35)36)27-24-25-12-15-9-17(16-13-26-31(4)14-16)23(34)32(5)22(15)28-24/h9-14H,7-8H2,1-6H3,(H,25,27,28). The fourth-order valence-corrected chi connectivity index (χ4v) is 3.94. The zero-order chi connectivity index (χ0) is 26.9. The molecule has 3 heterocycles. The molecule has 13 heteroatoms. The molecule has 13 nitrogen and oxygen atoms in total. The van der Waals surface area contributed by atoms with Crippen LogP contribution in [0.2, 0.25) is 0 Å². The van der Waals surface area contributed by atoms with Crippen molar-refractivity contribution in [3.8, 4) is 16.9 Å². The molecule has 1 aromatic carbocycles. The molecular formula is C24H29N9O4. The first-order valence-corrected chi connectivity index (χ1v) is 11.4. The average Bonchev–Trinajstić information content (AvgIpc) is 3.30. The summed E-state index contributed by atoms with van der Waals surface area (Å²) in [6.45, 7) is 1.31. The molecule has 0 saturated carbocycles. The summed E-state index contributed by atoms with van der Waals surface area (Å²) in [4.78, 5) is 37.2. The maximum atomic E-state index is 13.0. The lowest BCUT2D eigenvalue weighted by Gasteiger charge is -2.22. The van der Waals surface area contributed by atoms with E-state index in [9.17, 15) is 14.9 Å². The van der Waals surface area contributed by atoms with E-state index in [0.29, 0.717) is 45.8 Å². The Kier molecular flexibility index (Phi) is 7.07. The molecule has 0 saturated heterocycles. The third-order valence-corrected chi connectivity index (χ3v) is 6.00. The van der Waals surface area contributed by atoms with Gasteiger partial charge in [-0.3, -0.25) is 24.2 Å². The Morgan fingerprint density at radius 3 is 2.51 bits per heavy atom. The number of nitro groups is 1. The molecule has 0 amide bonds. The number of hydrogen-bond acceptors (Lipinski definition) is 10. The summed E-state index contributed by atoms with van der Waals surface area (Å²) in [5.74, 6) is 0.555. The monoisotopic (exact) mass is 507 g/mol. The van der Waals surface area contributed by atoms with E-state index in [2.05, 4.69) is 20.4 Å². The van der Waals surface area contributed by atoms with Crippen molar-refractivity contribution in [3.63, 3.8) is 0 Å². The second-order valence-corrected chi connectivity index (χ2v) is 8.95. The minimum absolute atomic E-state index is 0.0844. The third kappa shape index (κ3) is 5.21. The van der Waals surface area contributed by atoms with Gasteiger partial charge in [0.1, 0.15) is 17.1 Å². The van der Waals surface area contributed by atoms with Gasteiger partial charge in [-0.05, 0) is 20.2 Å². The number of benzene rings is 1. The maximum Gasteiger partial charge on any atom is 0.294 e. The van der Waals surface area contributed by atoms with Crippen LogP contribution in [0.25, 0.3) is 22.2 Å². The minimum atomic E-state index is -0.433. The normalized spacial score (nSPS) is 11.2. The van der Waals surface area contributed by atoms with Gasteiger partial charge in [-0.15, -0.1) is 0 Å². The average molecular weight is 508 g/mol. The first-order chi connectivity index (χ1) is 17.6. The van der Waals surface area contributed by atoms with Crippen molar-refractivity contribution in [2.45, 2.75) is 0 Å². The number of nitrogens with zero attached hydrogens (tertiary/aromatic N) is 8. The highest BCUT2D eigenvalue weighted by atomic mass is 16.6. The van der Waals surface area contributed by atoms with Gasteiger partial charge >= 0.3 is 0 Å². The molecule has 0 aliphatic carbocycles. The zero-order valence-corrected chi connectivity index (χ0v) is 21.6. The number of methoxy groups -OCH3 is 1. The fraction of sp³-hybridized carbons (Fsp3) is 0.333. The Balaban J connectivity index is 1.72. The third-order valence-electron chi connectivity index (χ3n) is 6.00. The van der Waals surface area contributed by atoms with Crippen molar-refractivity contribution >= 4 is 34.0 Å². The number of hydrogen-bond donors (Lipinski definition) is 1. The van der Waals surface area contributed by atoms with Crippen molar-refractivity contribution < 1.29 is 9.66 Å². The van der Waals surface area contributed by atoms with E-state index in [1.807, 2.05) is 23.9 Å². The highest BCUT2D eigenvalue weighted by Crippen LogP contribution is 2.39. The summed E-state index contributed by atoms with van der Waals surface area (Å²) in [6, 6.07) is 4.74. The van der Waals surface area contributed by atoms with E-state index in [-0.39, 0.29) is 17.2 Å². The van der Waals surface area contributed by atoms with E-state index in [1.54, 1.807) is 56.5 Å². The number of nitro benzene ring substituents is 1. The number of aryl methyl sites for hydroxylation is 2. The van der Waals surface area contributed by atoms with Crippen molar-refractivity contribution in [2.75, 3.05) is 51.6 Å². The predicted octanol–water partition coefficient (Wildman–Crippen LogP) is 2.39. The molecule has 0 unspecified atom stereocenters. The van der Waals surface area contributed by atoms with Crippen molar-refractivity contribution in [3.05, 3.63) is 57.3 Å². The van der Waals surface area contributed by atoms with Gasteiger partial charge in [-0.25, -0.2) is 4.98 Å². The van der Waals surface area contributed by atoms with E-state index >= 15 is 0 Å². The molecule has 0 spiro atoms. The predicted molar refractivity (Wildman–Crippen MR) is 142 cm³/mol. The molecule has 1 N–H and O–H groups in total. The van der Waals surface area contributed by atoms with Crippen LogP contribution < -0.4 is 20.5 Å². The molecule has 0 radical (unpaired) electrons. The van der Waals surface area contributed by atoms with Gasteiger partial charge in [-0.1, -0.05) is 0 Å². The summed E-state index contributed by atoms with van der Waals surface area (Å²) in [6.07, 6.45) is 4.98. The van der Waals surface area contributed by atoms with E-state index in [0.717, 1.165) is 6.54 Å². The molecule has 0 atom stereocenters. The molecule has 0 aliphatic heterocycles. The number of nitrogens with one attached hydrogen (secondary N) is 1. The van der Waals surface area contributed by atoms with Crippen LogP contribution in [-0.4, -0.2) is 75.5 Å². The number of aromatic nitrogens is 5. The molecule has 0 bridgehead atoms. The molecule has 0 fully saturated rings. The Morgan fingerprint density at radius 2 is 1.89 bits per heavy atom. The minimum Gasteiger partial charge on any atom is -0.494 e. The highest BCUT2D eigenvalue weighted by molar-refractivity contribution is 5.82. The van der Waals surface area contributed by atoms with E-state index < -0.39 is 4.92 Å². The Bertz CT molecular complexity index is 1530.